The van der Waals surface area contributed by atoms with E-state index >= 15 is 0 Å². The molecule has 0 aromatic carbocycles. The Hall–Kier alpha value is -0.530. The van der Waals surface area contributed by atoms with Gasteiger partial charge in [-0.05, 0) is 15.9 Å². The number of halogens is 2. The van der Waals surface area contributed by atoms with Crippen molar-refractivity contribution in [1.82, 2.24) is 0 Å². The first-order valence-corrected chi connectivity index (χ1v) is 6.29. The van der Waals surface area contributed by atoms with Crippen LogP contribution in [-0.4, -0.2) is 21.5 Å². The molecule has 0 N–H and O–H groups in total. The number of carbonyl (C=O) groups is 1. The molecule has 0 aliphatic heterocycles. The highest BCUT2D eigenvalue weighted by atomic mass is 79.9. The van der Waals surface area contributed by atoms with Gasteiger partial charge in [0.2, 0.25) is 10.9 Å². The Bertz CT molecular complexity index is 463. The van der Waals surface area contributed by atoms with E-state index in [-0.39, 0.29) is 10.2 Å². The SMILES string of the molecule is COC(=O)c1oc(S(=O)(=O)Cl)cc1Br. The Balaban J connectivity index is 3.25. The second kappa shape index (κ2) is 3.92. The zero-order valence-corrected chi connectivity index (χ0v) is 9.94. The molecule has 14 heavy (non-hydrogen) atoms. The van der Waals surface area contributed by atoms with Gasteiger partial charge < -0.3 is 9.15 Å². The maximum atomic E-state index is 11.0. The first-order chi connectivity index (χ1) is 6.36. The zero-order valence-electron chi connectivity index (χ0n) is 6.78. The summed E-state index contributed by atoms with van der Waals surface area (Å²) in [7, 11) is 2.16. The fraction of sp³-hybridized carbons (Fsp3) is 0.167. The fourth-order valence-electron chi connectivity index (χ4n) is 0.700. The van der Waals surface area contributed by atoms with Gasteiger partial charge in [-0.1, -0.05) is 0 Å². The molecule has 8 heteroatoms. The van der Waals surface area contributed by atoms with Gasteiger partial charge >= 0.3 is 5.97 Å². The van der Waals surface area contributed by atoms with Crippen molar-refractivity contribution < 1.29 is 22.4 Å². The highest BCUT2D eigenvalue weighted by Gasteiger charge is 2.23. The minimum Gasteiger partial charge on any atom is -0.463 e. The second-order valence-electron chi connectivity index (χ2n) is 2.17. The molecule has 1 aromatic rings. The molecule has 0 radical (unpaired) electrons. The van der Waals surface area contributed by atoms with Crippen LogP contribution in [-0.2, 0) is 13.8 Å². The zero-order chi connectivity index (χ0) is 10.9. The van der Waals surface area contributed by atoms with Crippen LogP contribution in [0.2, 0.25) is 0 Å². The third-order valence-corrected chi connectivity index (χ3v) is 3.00. The maximum absolute atomic E-state index is 11.0. The summed E-state index contributed by atoms with van der Waals surface area (Å²) in [4.78, 5) is 11.0. The smallest absolute Gasteiger partial charge is 0.375 e. The van der Waals surface area contributed by atoms with Crippen LogP contribution in [0.4, 0.5) is 0 Å². The molecule has 1 heterocycles. The van der Waals surface area contributed by atoms with E-state index in [0.717, 1.165) is 13.2 Å². The van der Waals surface area contributed by atoms with Crippen molar-refractivity contribution in [3.8, 4) is 0 Å². The number of hydrogen-bond donors (Lipinski definition) is 0. The molecule has 5 nitrogen and oxygen atoms in total. The van der Waals surface area contributed by atoms with Crippen molar-refractivity contribution in [2.24, 2.45) is 0 Å². The van der Waals surface area contributed by atoms with Crippen LogP contribution in [0.5, 0.6) is 0 Å². The topological polar surface area (TPSA) is 73.6 Å². The van der Waals surface area contributed by atoms with Crippen LogP contribution in [0.15, 0.2) is 20.0 Å². The van der Waals surface area contributed by atoms with Crippen molar-refractivity contribution in [3.05, 3.63) is 16.3 Å². The van der Waals surface area contributed by atoms with Crippen LogP contribution in [0.1, 0.15) is 10.6 Å². The highest BCUT2D eigenvalue weighted by Crippen LogP contribution is 2.27. The normalized spacial score (nSPS) is 11.4. The van der Waals surface area contributed by atoms with E-state index in [2.05, 4.69) is 20.7 Å². The predicted molar refractivity (Wildman–Crippen MR) is 50.8 cm³/mol. The summed E-state index contributed by atoms with van der Waals surface area (Å²) in [5.74, 6) is -1.03. The molecule has 0 saturated carbocycles. The highest BCUT2D eigenvalue weighted by molar-refractivity contribution is 9.10. The lowest BCUT2D eigenvalue weighted by Gasteiger charge is -1.93. The van der Waals surface area contributed by atoms with Crippen molar-refractivity contribution in [2.45, 2.75) is 5.09 Å². The molecule has 1 rings (SSSR count). The minimum atomic E-state index is -3.98. The number of hydrogen-bond acceptors (Lipinski definition) is 5. The molecule has 0 unspecified atom stereocenters. The Kier molecular flexibility index (Phi) is 3.23. The van der Waals surface area contributed by atoms with E-state index in [0.29, 0.717) is 0 Å². The van der Waals surface area contributed by atoms with Crippen molar-refractivity contribution in [3.63, 3.8) is 0 Å². The van der Waals surface area contributed by atoms with E-state index in [1.807, 2.05) is 0 Å². The van der Waals surface area contributed by atoms with Gasteiger partial charge in [0, 0.05) is 16.7 Å². The molecule has 0 spiro atoms. The quantitative estimate of drug-likeness (QED) is 0.615. The van der Waals surface area contributed by atoms with Crippen molar-refractivity contribution in [1.29, 1.82) is 0 Å². The number of furan rings is 1. The molecule has 0 atom stereocenters. The Labute approximate surface area is 92.5 Å². The third-order valence-electron chi connectivity index (χ3n) is 1.28. The molecule has 0 saturated heterocycles. The number of esters is 1. The Morgan fingerprint density at radius 3 is 2.57 bits per heavy atom. The van der Waals surface area contributed by atoms with Gasteiger partial charge in [0.05, 0.1) is 11.6 Å². The standard InChI is InChI=1S/C6H4BrClO5S/c1-12-6(9)5-3(7)2-4(13-5)14(8,10)11/h2H,1H3. The van der Waals surface area contributed by atoms with Crippen LogP contribution in [0, 0.1) is 0 Å². The van der Waals surface area contributed by atoms with Crippen LogP contribution >= 0.6 is 26.6 Å². The van der Waals surface area contributed by atoms with Gasteiger partial charge in [-0.25, -0.2) is 13.2 Å². The van der Waals surface area contributed by atoms with E-state index in [1.165, 1.54) is 0 Å². The summed E-state index contributed by atoms with van der Waals surface area (Å²) >= 11 is 2.93. The van der Waals surface area contributed by atoms with E-state index in [1.54, 1.807) is 0 Å². The summed E-state index contributed by atoms with van der Waals surface area (Å²) in [6, 6.07) is 1.08. The first-order valence-electron chi connectivity index (χ1n) is 3.18. The maximum Gasteiger partial charge on any atom is 0.375 e. The molecule has 0 bridgehead atoms. The summed E-state index contributed by atoms with van der Waals surface area (Å²) in [5, 5.41) is -0.508. The molecule has 0 amide bonds. The lowest BCUT2D eigenvalue weighted by molar-refractivity contribution is 0.0557. The molecule has 0 aliphatic carbocycles. The molecule has 78 valence electrons. The summed E-state index contributed by atoms with van der Waals surface area (Å²) in [5.41, 5.74) is 0. The molecular weight excluding hydrogens is 299 g/mol. The van der Waals surface area contributed by atoms with Crippen molar-refractivity contribution >= 4 is 41.6 Å². The molecule has 0 aliphatic rings. The third kappa shape index (κ3) is 2.28. The van der Waals surface area contributed by atoms with Gasteiger partial charge in [0.1, 0.15) is 0 Å². The number of carbonyl (C=O) groups excluding carboxylic acids is 1. The van der Waals surface area contributed by atoms with Gasteiger partial charge in [-0.2, -0.15) is 0 Å². The lowest BCUT2D eigenvalue weighted by atomic mass is 10.5. The number of methoxy groups -OCH3 is 1. The van der Waals surface area contributed by atoms with Crippen LogP contribution in [0.25, 0.3) is 0 Å². The van der Waals surface area contributed by atoms with Crippen molar-refractivity contribution in [2.75, 3.05) is 7.11 Å². The van der Waals surface area contributed by atoms with Crippen LogP contribution in [0.3, 0.4) is 0 Å². The van der Waals surface area contributed by atoms with Gasteiger partial charge in [-0.15, -0.1) is 0 Å². The van der Waals surface area contributed by atoms with Crippen LogP contribution < -0.4 is 0 Å². The van der Waals surface area contributed by atoms with E-state index in [4.69, 9.17) is 15.1 Å². The summed E-state index contributed by atoms with van der Waals surface area (Å²) in [6.45, 7) is 0. The fourth-order valence-corrected chi connectivity index (χ4v) is 1.97. The Morgan fingerprint density at radius 1 is 1.64 bits per heavy atom. The minimum absolute atomic E-state index is 0.170. The van der Waals surface area contributed by atoms with Gasteiger partial charge in [-0.3, -0.25) is 0 Å². The summed E-state index contributed by atoms with van der Waals surface area (Å²) < 4.78 is 30.8. The van der Waals surface area contributed by atoms with E-state index < -0.39 is 20.1 Å². The van der Waals surface area contributed by atoms with Gasteiger partial charge in [0.15, 0.2) is 0 Å². The molecular formula is C6H4BrClO5S. The monoisotopic (exact) mass is 302 g/mol. The average molecular weight is 304 g/mol. The van der Waals surface area contributed by atoms with E-state index in [9.17, 15) is 13.2 Å². The largest absolute Gasteiger partial charge is 0.463 e. The van der Waals surface area contributed by atoms with Gasteiger partial charge in [0.25, 0.3) is 9.05 Å². The lowest BCUT2D eigenvalue weighted by Crippen LogP contribution is -1.99. The number of rotatable bonds is 2. The predicted octanol–water partition coefficient (Wildman–Crippen LogP) is 1.76. The molecule has 1 aromatic heterocycles. The number of ether oxygens (including phenoxy) is 1. The average Bonchev–Trinajstić information content (AvgIpc) is 2.45. The Morgan fingerprint density at radius 2 is 2.21 bits per heavy atom. The first kappa shape index (κ1) is 11.5. The second-order valence-corrected chi connectivity index (χ2v) is 5.52. The summed E-state index contributed by atoms with van der Waals surface area (Å²) in [6.07, 6.45) is 0. The molecule has 0 fully saturated rings.